The third kappa shape index (κ3) is 3.47. The first-order chi connectivity index (χ1) is 13.2. The number of benzene rings is 1. The Bertz CT molecular complexity index is 1000. The number of hydrogen-bond donors (Lipinski definition) is 1. The third-order valence-corrected chi connectivity index (χ3v) is 5.79. The maximum Gasteiger partial charge on any atom is 0.376 e. The van der Waals surface area contributed by atoms with Gasteiger partial charge in [0.1, 0.15) is 16.4 Å². The Morgan fingerprint density at radius 2 is 2.11 bits per heavy atom. The van der Waals surface area contributed by atoms with Crippen LogP contribution in [0.2, 0.25) is 0 Å². The van der Waals surface area contributed by atoms with Gasteiger partial charge in [-0.25, -0.2) is 14.8 Å². The molecule has 6 nitrogen and oxygen atoms in total. The molecule has 7 heteroatoms. The van der Waals surface area contributed by atoms with Gasteiger partial charge in [-0.05, 0) is 50.3 Å². The highest BCUT2D eigenvalue weighted by atomic mass is 32.1. The van der Waals surface area contributed by atoms with Crippen molar-refractivity contribution < 1.29 is 14.3 Å². The van der Waals surface area contributed by atoms with E-state index < -0.39 is 5.97 Å². The second-order valence-electron chi connectivity index (χ2n) is 6.36. The van der Waals surface area contributed by atoms with Crippen molar-refractivity contribution in [2.75, 3.05) is 19.0 Å². The number of aryl methyl sites for hydroxylation is 2. The summed E-state index contributed by atoms with van der Waals surface area (Å²) in [7, 11) is 1.64. The van der Waals surface area contributed by atoms with Gasteiger partial charge in [-0.2, -0.15) is 0 Å². The number of nitrogens with one attached hydrogen (secondary N) is 1. The maximum absolute atomic E-state index is 12.2. The fraction of sp³-hybridized carbons (Fsp3) is 0.350. The van der Waals surface area contributed by atoms with Gasteiger partial charge in [0.15, 0.2) is 0 Å². The van der Waals surface area contributed by atoms with Crippen molar-refractivity contribution in [3.63, 3.8) is 0 Å². The molecule has 2 heterocycles. The Kier molecular flexibility index (Phi) is 4.94. The molecule has 0 saturated heterocycles. The number of aromatic nitrogens is 2. The minimum atomic E-state index is -0.500. The molecule has 0 radical (unpaired) electrons. The molecule has 1 N–H and O–H groups in total. The molecule has 0 aliphatic heterocycles. The number of nitrogens with zero attached hydrogens (tertiary/aromatic N) is 2. The molecular formula is C20H21N3O3S. The topological polar surface area (TPSA) is 73.3 Å². The number of thiophene rings is 1. The van der Waals surface area contributed by atoms with E-state index in [0.29, 0.717) is 12.4 Å². The lowest BCUT2D eigenvalue weighted by Gasteiger charge is -2.13. The van der Waals surface area contributed by atoms with Crippen LogP contribution in [0.25, 0.3) is 10.2 Å². The molecule has 0 bridgehead atoms. The van der Waals surface area contributed by atoms with Crippen molar-refractivity contribution in [3.05, 3.63) is 40.5 Å². The summed E-state index contributed by atoms with van der Waals surface area (Å²) in [5, 5.41) is 4.38. The highest BCUT2D eigenvalue weighted by molar-refractivity contribution is 7.19. The molecule has 0 spiro atoms. The first-order valence-electron chi connectivity index (χ1n) is 9.10. The number of rotatable bonds is 5. The number of ether oxygens (including phenoxy) is 2. The molecule has 27 heavy (non-hydrogen) atoms. The van der Waals surface area contributed by atoms with Gasteiger partial charge >= 0.3 is 5.97 Å². The molecular weight excluding hydrogens is 362 g/mol. The molecule has 1 aromatic carbocycles. The SMILES string of the molecule is CCOC(=O)c1nc(Nc2cccc(OC)c2)c2c3c(sc2n1)CCCC3. The summed E-state index contributed by atoms with van der Waals surface area (Å²) in [5.74, 6) is 0.992. The summed E-state index contributed by atoms with van der Waals surface area (Å²) in [5.41, 5.74) is 2.15. The van der Waals surface area contributed by atoms with Gasteiger partial charge in [-0.15, -0.1) is 11.3 Å². The van der Waals surface area contributed by atoms with E-state index in [1.165, 1.54) is 16.9 Å². The fourth-order valence-corrected chi connectivity index (χ4v) is 4.63. The van der Waals surface area contributed by atoms with E-state index in [2.05, 4.69) is 15.3 Å². The van der Waals surface area contributed by atoms with Crippen LogP contribution in [0.4, 0.5) is 11.5 Å². The Morgan fingerprint density at radius 1 is 1.26 bits per heavy atom. The van der Waals surface area contributed by atoms with Crippen LogP contribution >= 0.6 is 11.3 Å². The monoisotopic (exact) mass is 383 g/mol. The van der Waals surface area contributed by atoms with E-state index in [1.54, 1.807) is 25.4 Å². The second kappa shape index (κ2) is 7.52. The van der Waals surface area contributed by atoms with E-state index in [9.17, 15) is 4.79 Å². The Morgan fingerprint density at radius 3 is 2.93 bits per heavy atom. The molecule has 2 aromatic heterocycles. The smallest absolute Gasteiger partial charge is 0.376 e. The van der Waals surface area contributed by atoms with Gasteiger partial charge in [0, 0.05) is 16.6 Å². The van der Waals surface area contributed by atoms with Crippen LogP contribution < -0.4 is 10.1 Å². The Hall–Kier alpha value is -2.67. The van der Waals surface area contributed by atoms with E-state index in [4.69, 9.17) is 9.47 Å². The van der Waals surface area contributed by atoms with Crippen LogP contribution in [0.1, 0.15) is 40.8 Å². The molecule has 4 rings (SSSR count). The van der Waals surface area contributed by atoms with E-state index in [0.717, 1.165) is 40.9 Å². The number of hydrogen-bond acceptors (Lipinski definition) is 7. The van der Waals surface area contributed by atoms with Gasteiger partial charge in [0.25, 0.3) is 0 Å². The second-order valence-corrected chi connectivity index (χ2v) is 7.45. The first kappa shape index (κ1) is 17.7. The first-order valence-corrected chi connectivity index (χ1v) is 9.91. The van der Waals surface area contributed by atoms with Gasteiger partial charge in [-0.3, -0.25) is 0 Å². The summed E-state index contributed by atoms with van der Waals surface area (Å²) in [6.07, 6.45) is 4.43. The molecule has 3 aromatic rings. The van der Waals surface area contributed by atoms with Crippen molar-refractivity contribution in [2.24, 2.45) is 0 Å². The third-order valence-electron chi connectivity index (χ3n) is 4.61. The number of fused-ring (bicyclic) bond motifs is 3. The van der Waals surface area contributed by atoms with Crippen molar-refractivity contribution in [3.8, 4) is 5.75 Å². The number of esters is 1. The van der Waals surface area contributed by atoms with Crippen molar-refractivity contribution in [2.45, 2.75) is 32.6 Å². The predicted molar refractivity (Wildman–Crippen MR) is 106 cm³/mol. The van der Waals surface area contributed by atoms with Crippen LogP contribution in [-0.2, 0) is 17.6 Å². The lowest BCUT2D eigenvalue weighted by molar-refractivity contribution is 0.0512. The highest BCUT2D eigenvalue weighted by Crippen LogP contribution is 2.39. The standard InChI is InChI=1S/C20H21N3O3S/c1-3-26-20(24)18-22-17(21-12-7-6-8-13(11-12)25-2)16-14-9-4-5-10-15(14)27-19(16)23-18/h6-8,11H,3-5,9-10H2,1-2H3,(H,21,22,23). The van der Waals surface area contributed by atoms with Crippen molar-refractivity contribution in [1.82, 2.24) is 9.97 Å². The van der Waals surface area contributed by atoms with Crippen LogP contribution in [-0.4, -0.2) is 29.7 Å². The van der Waals surface area contributed by atoms with Crippen LogP contribution in [0, 0.1) is 0 Å². The normalized spacial score (nSPS) is 13.3. The lowest BCUT2D eigenvalue weighted by Crippen LogP contribution is -2.11. The predicted octanol–water partition coefficient (Wildman–Crippen LogP) is 4.50. The zero-order chi connectivity index (χ0) is 18.8. The highest BCUT2D eigenvalue weighted by Gasteiger charge is 2.23. The van der Waals surface area contributed by atoms with Gasteiger partial charge in [0.2, 0.25) is 5.82 Å². The number of carbonyl (C=O) groups is 1. The zero-order valence-electron chi connectivity index (χ0n) is 15.4. The summed E-state index contributed by atoms with van der Waals surface area (Å²) >= 11 is 1.66. The van der Waals surface area contributed by atoms with Crippen molar-refractivity contribution >= 4 is 39.0 Å². The summed E-state index contributed by atoms with van der Waals surface area (Å²) in [6, 6.07) is 7.64. The van der Waals surface area contributed by atoms with E-state index in [1.807, 2.05) is 24.3 Å². The van der Waals surface area contributed by atoms with Crippen LogP contribution in [0.3, 0.4) is 0 Å². The average Bonchev–Trinajstić information content (AvgIpc) is 3.07. The summed E-state index contributed by atoms with van der Waals surface area (Å²) in [6.45, 7) is 2.06. The Labute approximate surface area is 161 Å². The number of anilines is 2. The lowest BCUT2D eigenvalue weighted by atomic mass is 9.97. The molecule has 1 aliphatic rings. The minimum absolute atomic E-state index is 0.0911. The molecule has 0 atom stereocenters. The van der Waals surface area contributed by atoms with Gasteiger partial charge in [-0.1, -0.05) is 6.07 Å². The van der Waals surface area contributed by atoms with E-state index in [-0.39, 0.29) is 5.82 Å². The van der Waals surface area contributed by atoms with Crippen LogP contribution in [0.15, 0.2) is 24.3 Å². The van der Waals surface area contributed by atoms with Crippen molar-refractivity contribution in [1.29, 1.82) is 0 Å². The molecule has 0 unspecified atom stereocenters. The minimum Gasteiger partial charge on any atom is -0.497 e. The number of methoxy groups -OCH3 is 1. The Balaban J connectivity index is 1.84. The molecule has 140 valence electrons. The quantitative estimate of drug-likeness (QED) is 0.654. The zero-order valence-corrected chi connectivity index (χ0v) is 16.2. The molecule has 0 saturated carbocycles. The molecule has 0 amide bonds. The van der Waals surface area contributed by atoms with Crippen LogP contribution in [0.5, 0.6) is 5.75 Å². The van der Waals surface area contributed by atoms with E-state index >= 15 is 0 Å². The fourth-order valence-electron chi connectivity index (χ4n) is 3.37. The maximum atomic E-state index is 12.2. The largest absolute Gasteiger partial charge is 0.497 e. The summed E-state index contributed by atoms with van der Waals surface area (Å²) < 4.78 is 10.4. The summed E-state index contributed by atoms with van der Waals surface area (Å²) in [4.78, 5) is 23.5. The number of carbonyl (C=O) groups excluding carboxylic acids is 1. The van der Waals surface area contributed by atoms with Gasteiger partial charge in [0.05, 0.1) is 19.1 Å². The molecule has 0 fully saturated rings. The average molecular weight is 383 g/mol. The molecule has 1 aliphatic carbocycles. The van der Waals surface area contributed by atoms with Gasteiger partial charge < -0.3 is 14.8 Å².